The molecule has 0 aliphatic rings. The monoisotopic (exact) mass is 564 g/mol. The third kappa shape index (κ3) is 10.4. The van der Waals surface area contributed by atoms with E-state index in [-0.39, 0.29) is 13.0 Å². The number of aliphatic carboxylic acids is 1. The molecule has 0 fully saturated rings. The molecule has 1 atom stereocenters. The summed E-state index contributed by atoms with van der Waals surface area (Å²) in [6.07, 6.45) is -5.01. The summed E-state index contributed by atoms with van der Waals surface area (Å²) in [5.41, 5.74) is 3.29. The number of urea groups is 1. The molecule has 0 unspecified atom stereocenters. The number of aromatic nitrogens is 1. The van der Waals surface area contributed by atoms with Crippen LogP contribution < -0.4 is 15.4 Å². The molecule has 1 aromatic heterocycles. The van der Waals surface area contributed by atoms with Gasteiger partial charge in [-0.1, -0.05) is 42.5 Å². The van der Waals surface area contributed by atoms with Gasteiger partial charge in [-0.2, -0.15) is 13.2 Å². The number of hydrogen-bond acceptors (Lipinski definition) is 5. The SMILES string of the molecule is O=C(NCc1ccccn1)Nc1cccc(-c2ccc(C[C@H](NS(=O)(=O)CCCC(F)(F)F)C(=O)O)cc2)c1. The number of carboxylic acid groups (broad SMARTS) is 1. The summed E-state index contributed by atoms with van der Waals surface area (Å²) >= 11 is 0. The molecule has 3 rings (SSSR count). The van der Waals surface area contributed by atoms with Crippen LogP contribution in [-0.2, 0) is 27.8 Å². The fraction of sp³-hybridized carbons (Fsp3) is 0.269. The van der Waals surface area contributed by atoms with Gasteiger partial charge in [0.05, 0.1) is 18.0 Å². The van der Waals surface area contributed by atoms with Crippen molar-refractivity contribution in [2.75, 3.05) is 11.1 Å². The maximum absolute atomic E-state index is 12.3. The number of alkyl halides is 3. The third-order valence-electron chi connectivity index (χ3n) is 5.50. The van der Waals surface area contributed by atoms with Gasteiger partial charge in [-0.05, 0) is 53.8 Å². The van der Waals surface area contributed by atoms with Crippen molar-refractivity contribution in [3.8, 4) is 11.1 Å². The highest BCUT2D eigenvalue weighted by Crippen LogP contribution is 2.24. The number of hydrogen-bond donors (Lipinski definition) is 4. The van der Waals surface area contributed by atoms with Crippen molar-refractivity contribution in [1.82, 2.24) is 15.0 Å². The van der Waals surface area contributed by atoms with Crippen molar-refractivity contribution in [2.24, 2.45) is 0 Å². The van der Waals surface area contributed by atoms with Crippen LogP contribution in [0.15, 0.2) is 72.9 Å². The molecule has 13 heteroatoms. The highest BCUT2D eigenvalue weighted by molar-refractivity contribution is 7.89. The standard InChI is InChI=1S/C26H27F3N4O5S/c27-26(28,29)12-4-14-39(37,38)33-23(24(34)35)15-18-8-10-19(11-9-18)20-5-3-7-21(16-20)32-25(36)31-17-22-6-1-2-13-30-22/h1-3,5-11,13,16,23,33H,4,12,14-15,17H2,(H,34,35)(H2,31,32,36)/t23-/m0/s1. The summed E-state index contributed by atoms with van der Waals surface area (Å²) in [4.78, 5) is 28.0. The molecular formula is C26H27F3N4O5S. The van der Waals surface area contributed by atoms with Gasteiger partial charge >= 0.3 is 18.2 Å². The van der Waals surface area contributed by atoms with Crippen LogP contribution in [0.25, 0.3) is 11.1 Å². The first kappa shape index (κ1) is 29.6. The number of anilines is 1. The van der Waals surface area contributed by atoms with Crippen LogP contribution in [-0.4, -0.2) is 48.5 Å². The van der Waals surface area contributed by atoms with Crippen LogP contribution in [0, 0.1) is 0 Å². The molecule has 3 aromatic rings. The smallest absolute Gasteiger partial charge is 0.389 e. The molecule has 0 radical (unpaired) electrons. The lowest BCUT2D eigenvalue weighted by atomic mass is 10.0. The van der Waals surface area contributed by atoms with E-state index in [0.29, 0.717) is 16.9 Å². The van der Waals surface area contributed by atoms with Crippen molar-refractivity contribution in [3.05, 3.63) is 84.2 Å². The average molecular weight is 565 g/mol. The van der Waals surface area contributed by atoms with Crippen molar-refractivity contribution < 1.29 is 36.3 Å². The summed E-state index contributed by atoms with van der Waals surface area (Å²) < 4.78 is 63.1. The van der Waals surface area contributed by atoms with Crippen molar-refractivity contribution >= 4 is 27.7 Å². The predicted octanol–water partition coefficient (Wildman–Crippen LogP) is 4.33. The van der Waals surface area contributed by atoms with Gasteiger partial charge in [0, 0.05) is 18.3 Å². The number of carbonyl (C=O) groups is 2. The Kier molecular flexibility index (Phi) is 10.0. The quantitative estimate of drug-likeness (QED) is 0.259. The molecule has 1 heterocycles. The molecule has 0 saturated carbocycles. The molecule has 0 aliphatic heterocycles. The van der Waals surface area contributed by atoms with Gasteiger partial charge in [-0.25, -0.2) is 17.9 Å². The fourth-order valence-corrected chi connectivity index (χ4v) is 4.87. The van der Waals surface area contributed by atoms with Crippen molar-refractivity contribution in [3.63, 3.8) is 0 Å². The largest absolute Gasteiger partial charge is 0.480 e. The van der Waals surface area contributed by atoms with Gasteiger partial charge in [0.2, 0.25) is 10.0 Å². The van der Waals surface area contributed by atoms with Gasteiger partial charge < -0.3 is 15.7 Å². The zero-order valence-corrected chi connectivity index (χ0v) is 21.4. The number of carbonyl (C=O) groups excluding carboxylic acids is 1. The molecule has 4 N–H and O–H groups in total. The first-order valence-corrected chi connectivity index (χ1v) is 13.5. The number of nitrogens with zero attached hydrogens (tertiary/aromatic N) is 1. The fourth-order valence-electron chi connectivity index (χ4n) is 3.61. The number of amides is 2. The summed E-state index contributed by atoms with van der Waals surface area (Å²) in [6.45, 7) is 0.259. The number of pyridine rings is 1. The highest BCUT2D eigenvalue weighted by atomic mass is 32.2. The van der Waals surface area contributed by atoms with Crippen LogP contribution in [0.3, 0.4) is 0 Å². The number of sulfonamides is 1. The third-order valence-corrected chi connectivity index (χ3v) is 6.97. The summed E-state index contributed by atoms with van der Waals surface area (Å²) in [5, 5.41) is 14.9. The molecule has 2 amide bonds. The average Bonchev–Trinajstić information content (AvgIpc) is 2.87. The Labute approximate surface area is 223 Å². The molecule has 39 heavy (non-hydrogen) atoms. The second-order valence-corrected chi connectivity index (χ2v) is 10.5. The lowest BCUT2D eigenvalue weighted by Gasteiger charge is -2.15. The van der Waals surface area contributed by atoms with Gasteiger partial charge in [0.25, 0.3) is 0 Å². The topological polar surface area (TPSA) is 137 Å². The van der Waals surface area contributed by atoms with Crippen LogP contribution >= 0.6 is 0 Å². The van der Waals surface area contributed by atoms with E-state index in [1.54, 1.807) is 60.8 Å². The Balaban J connectivity index is 1.59. The van der Waals surface area contributed by atoms with E-state index in [2.05, 4.69) is 15.6 Å². The second kappa shape index (κ2) is 13.2. The minimum atomic E-state index is -4.49. The minimum Gasteiger partial charge on any atom is -0.480 e. The Bertz CT molecular complexity index is 1370. The lowest BCUT2D eigenvalue weighted by Crippen LogP contribution is -2.43. The summed E-state index contributed by atoms with van der Waals surface area (Å²) in [5.74, 6) is -2.28. The van der Waals surface area contributed by atoms with Crippen LogP contribution in [0.2, 0.25) is 0 Å². The molecule has 0 spiro atoms. The summed E-state index contributed by atoms with van der Waals surface area (Å²) in [6, 6.07) is 17.2. The summed E-state index contributed by atoms with van der Waals surface area (Å²) in [7, 11) is -4.23. The van der Waals surface area contributed by atoms with E-state index < -0.39 is 52.8 Å². The van der Waals surface area contributed by atoms with Crippen LogP contribution in [0.4, 0.5) is 23.7 Å². The molecule has 0 bridgehead atoms. The zero-order valence-electron chi connectivity index (χ0n) is 20.6. The maximum atomic E-state index is 12.3. The van der Waals surface area contributed by atoms with Crippen LogP contribution in [0.1, 0.15) is 24.1 Å². The Morgan fingerprint density at radius 1 is 0.974 bits per heavy atom. The van der Waals surface area contributed by atoms with Gasteiger partial charge in [-0.15, -0.1) is 0 Å². The van der Waals surface area contributed by atoms with Gasteiger partial charge in [0.15, 0.2) is 0 Å². The molecule has 9 nitrogen and oxygen atoms in total. The number of halogens is 3. The Hall–Kier alpha value is -3.97. The van der Waals surface area contributed by atoms with Crippen LogP contribution in [0.5, 0.6) is 0 Å². The van der Waals surface area contributed by atoms with E-state index in [4.69, 9.17) is 0 Å². The number of nitrogens with one attached hydrogen (secondary N) is 3. The molecule has 0 aliphatic carbocycles. The second-order valence-electron chi connectivity index (χ2n) is 8.66. The van der Waals surface area contributed by atoms with E-state index >= 15 is 0 Å². The first-order valence-electron chi connectivity index (χ1n) is 11.8. The maximum Gasteiger partial charge on any atom is 0.389 e. The highest BCUT2D eigenvalue weighted by Gasteiger charge is 2.29. The number of carboxylic acids is 1. The van der Waals surface area contributed by atoms with E-state index in [9.17, 15) is 36.3 Å². The van der Waals surface area contributed by atoms with E-state index in [1.807, 2.05) is 16.9 Å². The zero-order chi connectivity index (χ0) is 28.5. The lowest BCUT2D eigenvalue weighted by molar-refractivity contribution is -0.139. The van der Waals surface area contributed by atoms with Crippen molar-refractivity contribution in [1.29, 1.82) is 0 Å². The molecule has 208 valence electrons. The van der Waals surface area contributed by atoms with Gasteiger partial charge in [-0.3, -0.25) is 9.78 Å². The molecule has 2 aromatic carbocycles. The molecular weight excluding hydrogens is 537 g/mol. The Morgan fingerprint density at radius 3 is 2.36 bits per heavy atom. The number of benzene rings is 2. The van der Waals surface area contributed by atoms with E-state index in [0.717, 1.165) is 11.1 Å². The minimum absolute atomic E-state index is 0.202. The van der Waals surface area contributed by atoms with Crippen molar-refractivity contribution in [2.45, 2.75) is 38.0 Å². The normalized spacial score (nSPS) is 12.5. The molecule has 0 saturated heterocycles. The van der Waals surface area contributed by atoms with E-state index in [1.165, 1.54) is 0 Å². The first-order chi connectivity index (χ1) is 18.4. The number of rotatable bonds is 12. The Morgan fingerprint density at radius 2 is 1.72 bits per heavy atom. The van der Waals surface area contributed by atoms with Gasteiger partial charge in [0.1, 0.15) is 6.04 Å². The predicted molar refractivity (Wildman–Crippen MR) is 139 cm³/mol.